The summed E-state index contributed by atoms with van der Waals surface area (Å²) in [5.74, 6) is 0.969. The topological polar surface area (TPSA) is 34.1 Å². The van der Waals surface area contributed by atoms with Gasteiger partial charge in [0.25, 0.3) is 0 Å². The van der Waals surface area contributed by atoms with Crippen molar-refractivity contribution >= 4 is 0 Å². The summed E-state index contributed by atoms with van der Waals surface area (Å²) in [5.41, 5.74) is 4.91. The van der Waals surface area contributed by atoms with Gasteiger partial charge in [0.05, 0.1) is 12.8 Å². The maximum atomic E-state index is 5.44. The van der Waals surface area contributed by atoms with Gasteiger partial charge in [-0.3, -0.25) is 4.98 Å². The zero-order valence-electron chi connectivity index (χ0n) is 10.4. The summed E-state index contributed by atoms with van der Waals surface area (Å²) < 4.78 is 5.44. The summed E-state index contributed by atoms with van der Waals surface area (Å²) in [6.07, 6.45) is 2.87. The van der Waals surface area contributed by atoms with Crippen molar-refractivity contribution in [2.24, 2.45) is 0 Å². The van der Waals surface area contributed by atoms with Crippen molar-refractivity contribution in [1.29, 1.82) is 0 Å². The molecule has 3 heteroatoms. The number of aromatic nitrogens is 1. The van der Waals surface area contributed by atoms with Crippen LogP contribution in [0.5, 0.6) is 5.75 Å². The molecule has 0 amide bonds. The quantitative estimate of drug-likeness (QED) is 0.875. The van der Waals surface area contributed by atoms with Crippen molar-refractivity contribution in [1.82, 2.24) is 10.3 Å². The standard InChI is InChI=1S/C15H16N2O/c1-18-15-6-5-12(14-4-2-3-8-17-14)11-7-9-16-10-13(11)15/h2-6,8,16H,7,9-10H2,1H3. The number of nitrogens with one attached hydrogen (secondary N) is 1. The van der Waals surface area contributed by atoms with E-state index in [-0.39, 0.29) is 0 Å². The first-order chi connectivity index (χ1) is 8.90. The van der Waals surface area contributed by atoms with E-state index in [4.69, 9.17) is 4.74 Å². The minimum absolute atomic E-state index is 0.874. The summed E-state index contributed by atoms with van der Waals surface area (Å²) in [7, 11) is 1.73. The molecule has 92 valence electrons. The third-order valence-electron chi connectivity index (χ3n) is 3.40. The van der Waals surface area contributed by atoms with E-state index >= 15 is 0 Å². The molecule has 3 nitrogen and oxygen atoms in total. The second-order valence-corrected chi connectivity index (χ2v) is 4.41. The van der Waals surface area contributed by atoms with Gasteiger partial charge in [0, 0.05) is 23.9 Å². The molecule has 0 spiro atoms. The molecule has 3 rings (SSSR count). The van der Waals surface area contributed by atoms with Gasteiger partial charge in [0.2, 0.25) is 0 Å². The van der Waals surface area contributed by atoms with E-state index < -0.39 is 0 Å². The van der Waals surface area contributed by atoms with Gasteiger partial charge in [-0.2, -0.15) is 0 Å². The average molecular weight is 240 g/mol. The van der Waals surface area contributed by atoms with Gasteiger partial charge in [-0.25, -0.2) is 0 Å². The Balaban J connectivity index is 2.17. The maximum absolute atomic E-state index is 5.44. The van der Waals surface area contributed by atoms with E-state index in [1.807, 2.05) is 24.4 Å². The molecule has 2 aromatic rings. The van der Waals surface area contributed by atoms with Crippen LogP contribution in [0.15, 0.2) is 36.5 Å². The molecule has 0 unspecified atom stereocenters. The largest absolute Gasteiger partial charge is 0.496 e. The summed E-state index contributed by atoms with van der Waals surface area (Å²) >= 11 is 0. The van der Waals surface area contributed by atoms with Crippen LogP contribution in [0.25, 0.3) is 11.3 Å². The van der Waals surface area contributed by atoms with Crippen LogP contribution in [-0.2, 0) is 13.0 Å². The number of pyridine rings is 1. The molecule has 18 heavy (non-hydrogen) atoms. The molecule has 0 saturated heterocycles. The van der Waals surface area contributed by atoms with Crippen molar-refractivity contribution in [2.45, 2.75) is 13.0 Å². The summed E-state index contributed by atoms with van der Waals surface area (Å²) in [4.78, 5) is 4.45. The fourth-order valence-electron chi connectivity index (χ4n) is 2.53. The molecule has 1 aliphatic rings. The minimum Gasteiger partial charge on any atom is -0.496 e. The van der Waals surface area contributed by atoms with Gasteiger partial charge in [0.1, 0.15) is 5.75 Å². The Morgan fingerprint density at radius 2 is 2.11 bits per heavy atom. The number of methoxy groups -OCH3 is 1. The van der Waals surface area contributed by atoms with Gasteiger partial charge in [-0.1, -0.05) is 6.07 Å². The molecule has 0 saturated carbocycles. The lowest BCUT2D eigenvalue weighted by atomic mass is 9.93. The van der Waals surface area contributed by atoms with Crippen molar-refractivity contribution in [3.8, 4) is 17.0 Å². The predicted octanol–water partition coefficient (Wildman–Crippen LogP) is 2.40. The Kier molecular flexibility index (Phi) is 2.99. The van der Waals surface area contributed by atoms with Crippen LogP contribution in [-0.4, -0.2) is 18.6 Å². The fraction of sp³-hybridized carbons (Fsp3) is 0.267. The Labute approximate surface area is 107 Å². The van der Waals surface area contributed by atoms with Gasteiger partial charge in [-0.15, -0.1) is 0 Å². The number of ether oxygens (including phenoxy) is 1. The van der Waals surface area contributed by atoms with Gasteiger partial charge >= 0.3 is 0 Å². The number of rotatable bonds is 2. The first-order valence-corrected chi connectivity index (χ1v) is 6.21. The number of hydrogen-bond acceptors (Lipinski definition) is 3. The molecule has 1 aliphatic heterocycles. The highest BCUT2D eigenvalue weighted by atomic mass is 16.5. The van der Waals surface area contributed by atoms with Gasteiger partial charge in [-0.05, 0) is 42.8 Å². The SMILES string of the molecule is COc1ccc(-c2ccccn2)c2c1CNCC2. The minimum atomic E-state index is 0.874. The fourth-order valence-corrected chi connectivity index (χ4v) is 2.53. The van der Waals surface area contributed by atoms with Crippen LogP contribution < -0.4 is 10.1 Å². The molecule has 0 atom stereocenters. The highest BCUT2D eigenvalue weighted by Gasteiger charge is 2.18. The maximum Gasteiger partial charge on any atom is 0.123 e. The Bertz CT molecular complexity index is 552. The van der Waals surface area contributed by atoms with Crippen molar-refractivity contribution in [3.63, 3.8) is 0 Å². The van der Waals surface area contributed by atoms with Crippen LogP contribution in [0.2, 0.25) is 0 Å². The van der Waals surface area contributed by atoms with E-state index in [0.717, 1.165) is 31.0 Å². The van der Waals surface area contributed by atoms with Crippen LogP contribution in [0, 0.1) is 0 Å². The predicted molar refractivity (Wildman–Crippen MR) is 71.6 cm³/mol. The van der Waals surface area contributed by atoms with Crippen molar-refractivity contribution in [3.05, 3.63) is 47.7 Å². The highest BCUT2D eigenvalue weighted by molar-refractivity contribution is 5.68. The zero-order chi connectivity index (χ0) is 12.4. The number of fused-ring (bicyclic) bond motifs is 1. The van der Waals surface area contributed by atoms with E-state index in [9.17, 15) is 0 Å². The first kappa shape index (κ1) is 11.2. The lowest BCUT2D eigenvalue weighted by molar-refractivity contribution is 0.405. The molecular formula is C15H16N2O. The van der Waals surface area contributed by atoms with Crippen LogP contribution in [0.4, 0.5) is 0 Å². The van der Waals surface area contributed by atoms with Crippen LogP contribution >= 0.6 is 0 Å². The summed E-state index contributed by atoms with van der Waals surface area (Å²) in [6.45, 7) is 1.89. The molecule has 0 fully saturated rings. The third-order valence-corrected chi connectivity index (χ3v) is 3.40. The van der Waals surface area contributed by atoms with E-state index in [1.165, 1.54) is 16.7 Å². The average Bonchev–Trinajstić information content (AvgIpc) is 2.47. The Morgan fingerprint density at radius 1 is 1.17 bits per heavy atom. The van der Waals surface area contributed by atoms with Crippen molar-refractivity contribution in [2.75, 3.05) is 13.7 Å². The van der Waals surface area contributed by atoms with Crippen LogP contribution in [0.3, 0.4) is 0 Å². The number of benzene rings is 1. The smallest absolute Gasteiger partial charge is 0.123 e. The van der Waals surface area contributed by atoms with Gasteiger partial charge in [0.15, 0.2) is 0 Å². The Hall–Kier alpha value is -1.87. The summed E-state index contributed by atoms with van der Waals surface area (Å²) in [5, 5.41) is 3.39. The summed E-state index contributed by atoms with van der Waals surface area (Å²) in [6, 6.07) is 10.2. The molecular weight excluding hydrogens is 224 g/mol. The second-order valence-electron chi connectivity index (χ2n) is 4.41. The molecule has 0 radical (unpaired) electrons. The number of nitrogens with zero attached hydrogens (tertiary/aromatic N) is 1. The molecule has 0 bridgehead atoms. The highest BCUT2D eigenvalue weighted by Crippen LogP contribution is 2.33. The second kappa shape index (κ2) is 4.78. The monoisotopic (exact) mass is 240 g/mol. The molecule has 0 aliphatic carbocycles. The van der Waals surface area contributed by atoms with Crippen molar-refractivity contribution < 1.29 is 4.74 Å². The lowest BCUT2D eigenvalue weighted by Crippen LogP contribution is -2.24. The van der Waals surface area contributed by atoms with E-state index in [1.54, 1.807) is 7.11 Å². The normalized spacial score (nSPS) is 14.1. The van der Waals surface area contributed by atoms with Crippen LogP contribution in [0.1, 0.15) is 11.1 Å². The number of hydrogen-bond donors (Lipinski definition) is 1. The zero-order valence-corrected chi connectivity index (χ0v) is 10.4. The first-order valence-electron chi connectivity index (χ1n) is 6.21. The lowest BCUT2D eigenvalue weighted by Gasteiger charge is -2.22. The van der Waals surface area contributed by atoms with E-state index in [0.29, 0.717) is 0 Å². The molecule has 2 heterocycles. The molecule has 1 N–H and O–H groups in total. The van der Waals surface area contributed by atoms with Gasteiger partial charge < -0.3 is 10.1 Å². The molecule has 1 aromatic carbocycles. The Morgan fingerprint density at radius 3 is 2.89 bits per heavy atom. The van der Waals surface area contributed by atoms with E-state index in [2.05, 4.69) is 22.4 Å². The third kappa shape index (κ3) is 1.87. The molecule has 1 aromatic heterocycles.